The third kappa shape index (κ3) is 7.69. The Labute approximate surface area is 452 Å². The van der Waals surface area contributed by atoms with Crippen LogP contribution < -0.4 is 4.90 Å². The summed E-state index contributed by atoms with van der Waals surface area (Å²) in [5, 5.41) is 0. The maximum Gasteiger partial charge on any atom is 0.0714 e. The van der Waals surface area contributed by atoms with E-state index in [2.05, 4.69) is 316 Å². The molecule has 1 heteroatoms. The highest BCUT2D eigenvalue weighted by atomic mass is 15.1. The third-order valence-electron chi connectivity index (χ3n) is 16.6. The quantitative estimate of drug-likeness (QED) is 0.132. The third-order valence-corrected chi connectivity index (χ3v) is 16.6. The van der Waals surface area contributed by atoms with Gasteiger partial charge in [-0.15, -0.1) is 0 Å². The van der Waals surface area contributed by atoms with Crippen LogP contribution in [0.15, 0.2) is 297 Å². The maximum atomic E-state index is 2.53. The summed E-state index contributed by atoms with van der Waals surface area (Å²) in [6.07, 6.45) is 0. The molecule has 0 radical (unpaired) electrons. The van der Waals surface area contributed by atoms with Crippen molar-refractivity contribution in [1.29, 1.82) is 0 Å². The highest BCUT2D eigenvalue weighted by molar-refractivity contribution is 5.95. The fourth-order valence-electron chi connectivity index (χ4n) is 12.8. The minimum absolute atomic E-state index is 0.273. The van der Waals surface area contributed by atoms with E-state index < -0.39 is 5.41 Å². The second-order valence-electron chi connectivity index (χ2n) is 21.2. The number of fused-ring (bicyclic) bond motifs is 6. The van der Waals surface area contributed by atoms with Crippen molar-refractivity contribution in [2.24, 2.45) is 0 Å². The molecule has 1 nitrogen and oxygen atoms in total. The molecule has 0 spiro atoms. The molecule has 364 valence electrons. The lowest BCUT2D eigenvalue weighted by molar-refractivity contribution is 0.660. The Balaban J connectivity index is 0.952. The first-order valence-corrected chi connectivity index (χ1v) is 26.9. The minimum atomic E-state index is -0.617. The van der Waals surface area contributed by atoms with Gasteiger partial charge in [0.2, 0.25) is 0 Å². The zero-order valence-corrected chi connectivity index (χ0v) is 43.2. The standard InChI is InChI=1S/C76H55N/c1-75(2)70-48-59(57-34-32-55(33-35-57)52-20-8-3-9-21-52)40-44-66(70)67-46-42-63(50-71(67)75)77(74-31-19-18-30-65(74)58-38-36-56(37-39-58)53-22-10-4-11-23-53)64-43-47-69-68-45-41-60(54-24-12-5-13-25-54)49-72(68)76(73(69)51-64,61-26-14-6-15-27-61)62-28-16-7-17-29-62/h3-51H,1-2H3. The molecule has 0 N–H and O–H groups in total. The lowest BCUT2D eigenvalue weighted by atomic mass is 9.67. The van der Waals surface area contributed by atoms with Crippen LogP contribution in [0.4, 0.5) is 17.1 Å². The monoisotopic (exact) mass is 981 g/mol. The molecular weight excluding hydrogens is 927 g/mol. The summed E-state index contributed by atoms with van der Waals surface area (Å²) in [6.45, 7) is 4.81. The molecule has 0 saturated carbocycles. The van der Waals surface area contributed by atoms with Crippen molar-refractivity contribution in [3.8, 4) is 77.9 Å². The largest absolute Gasteiger partial charge is 0.310 e. The van der Waals surface area contributed by atoms with Gasteiger partial charge in [0, 0.05) is 22.4 Å². The molecule has 0 unspecified atom stereocenters. The normalized spacial score (nSPS) is 13.3. The van der Waals surface area contributed by atoms with Crippen molar-refractivity contribution in [1.82, 2.24) is 0 Å². The predicted octanol–water partition coefficient (Wildman–Crippen LogP) is 20.2. The van der Waals surface area contributed by atoms with E-state index in [1.807, 2.05) is 0 Å². The summed E-state index contributed by atoms with van der Waals surface area (Å²) < 4.78 is 0. The number of para-hydroxylation sites is 1. The van der Waals surface area contributed by atoms with Crippen molar-refractivity contribution in [2.75, 3.05) is 4.90 Å². The van der Waals surface area contributed by atoms with Crippen LogP contribution in [0.1, 0.15) is 47.2 Å². The van der Waals surface area contributed by atoms with E-state index in [0.717, 1.165) is 28.2 Å². The average Bonchev–Trinajstić information content (AvgIpc) is 4.15. The number of anilines is 3. The Morgan fingerprint density at radius 1 is 0.234 bits per heavy atom. The fourth-order valence-corrected chi connectivity index (χ4v) is 12.8. The highest BCUT2D eigenvalue weighted by Crippen LogP contribution is 2.59. The Hall–Kier alpha value is -9.56. The molecule has 0 aliphatic heterocycles. The van der Waals surface area contributed by atoms with E-state index in [0.29, 0.717) is 0 Å². The van der Waals surface area contributed by atoms with Crippen LogP contribution in [0.25, 0.3) is 77.9 Å². The van der Waals surface area contributed by atoms with Crippen LogP contribution >= 0.6 is 0 Å². The van der Waals surface area contributed by atoms with Gasteiger partial charge >= 0.3 is 0 Å². The van der Waals surface area contributed by atoms with Gasteiger partial charge in [-0.2, -0.15) is 0 Å². The molecule has 2 aliphatic rings. The second kappa shape index (κ2) is 18.7. The fraction of sp³-hybridized carbons (Fsp3) is 0.0526. The number of rotatable bonds is 10. The van der Waals surface area contributed by atoms with E-state index in [9.17, 15) is 0 Å². The number of hydrogen-bond donors (Lipinski definition) is 0. The smallest absolute Gasteiger partial charge is 0.0714 e. The van der Waals surface area contributed by atoms with E-state index in [1.54, 1.807) is 0 Å². The molecule has 0 amide bonds. The number of benzene rings is 12. The number of hydrogen-bond acceptors (Lipinski definition) is 1. The summed E-state index contributed by atoms with van der Waals surface area (Å²) in [4.78, 5) is 2.53. The van der Waals surface area contributed by atoms with Crippen LogP contribution in [0, 0.1) is 0 Å². The Morgan fingerprint density at radius 2 is 0.545 bits per heavy atom. The molecule has 12 aromatic carbocycles. The first-order chi connectivity index (χ1) is 37.9. The van der Waals surface area contributed by atoms with Crippen LogP contribution in [0.3, 0.4) is 0 Å². The van der Waals surface area contributed by atoms with Crippen molar-refractivity contribution in [3.63, 3.8) is 0 Å². The first-order valence-electron chi connectivity index (χ1n) is 26.9. The molecule has 0 saturated heterocycles. The zero-order valence-electron chi connectivity index (χ0n) is 43.2. The summed E-state index contributed by atoms with van der Waals surface area (Å²) in [5.41, 5.74) is 27.3. The van der Waals surface area contributed by atoms with E-state index in [4.69, 9.17) is 0 Å². The zero-order chi connectivity index (χ0) is 51.5. The topological polar surface area (TPSA) is 3.24 Å². The van der Waals surface area contributed by atoms with Crippen LogP contribution in [0.2, 0.25) is 0 Å². The second-order valence-corrected chi connectivity index (χ2v) is 21.2. The molecule has 12 aromatic rings. The van der Waals surface area contributed by atoms with Gasteiger partial charge in [0.15, 0.2) is 0 Å². The van der Waals surface area contributed by atoms with E-state index in [1.165, 1.54) is 100 Å². The van der Waals surface area contributed by atoms with Gasteiger partial charge < -0.3 is 4.90 Å². The van der Waals surface area contributed by atoms with Gasteiger partial charge in [0.05, 0.1) is 11.1 Å². The molecular formula is C76H55N. The summed E-state index contributed by atoms with van der Waals surface area (Å²) in [7, 11) is 0. The summed E-state index contributed by atoms with van der Waals surface area (Å²) in [6, 6.07) is 110. The van der Waals surface area contributed by atoms with Gasteiger partial charge in [0.25, 0.3) is 0 Å². The molecule has 0 bridgehead atoms. The van der Waals surface area contributed by atoms with Gasteiger partial charge in [-0.05, 0) is 148 Å². The van der Waals surface area contributed by atoms with Crippen LogP contribution in [-0.4, -0.2) is 0 Å². The number of nitrogens with zero attached hydrogens (tertiary/aromatic N) is 1. The lowest BCUT2D eigenvalue weighted by Gasteiger charge is -2.35. The SMILES string of the molecule is CC1(C)c2cc(-c3ccc(-c4ccccc4)cc3)ccc2-c2ccc(N(c3ccc4c(c3)C(c3ccccc3)(c3ccccc3)c3cc(-c5ccccc5)ccc3-4)c3ccccc3-c3ccc(-c4ccccc4)cc3)cc21. The molecule has 0 atom stereocenters. The Bertz CT molecular complexity index is 4080. The molecule has 77 heavy (non-hydrogen) atoms. The van der Waals surface area contributed by atoms with Crippen molar-refractivity contribution in [3.05, 3.63) is 331 Å². The predicted molar refractivity (Wildman–Crippen MR) is 323 cm³/mol. The molecule has 2 aliphatic carbocycles. The average molecular weight is 982 g/mol. The lowest BCUT2D eigenvalue weighted by Crippen LogP contribution is -2.29. The maximum absolute atomic E-state index is 2.53. The summed E-state index contributed by atoms with van der Waals surface area (Å²) in [5.74, 6) is 0. The molecule has 0 aromatic heterocycles. The van der Waals surface area contributed by atoms with Gasteiger partial charge in [-0.3, -0.25) is 0 Å². The first kappa shape index (κ1) is 46.0. The van der Waals surface area contributed by atoms with E-state index >= 15 is 0 Å². The summed E-state index contributed by atoms with van der Waals surface area (Å²) >= 11 is 0. The van der Waals surface area contributed by atoms with Crippen LogP contribution in [0.5, 0.6) is 0 Å². The molecule has 0 heterocycles. The molecule has 14 rings (SSSR count). The van der Waals surface area contributed by atoms with Crippen molar-refractivity contribution < 1.29 is 0 Å². The minimum Gasteiger partial charge on any atom is -0.310 e. The van der Waals surface area contributed by atoms with Crippen LogP contribution in [-0.2, 0) is 10.8 Å². The van der Waals surface area contributed by atoms with Crippen molar-refractivity contribution in [2.45, 2.75) is 24.7 Å². The van der Waals surface area contributed by atoms with Gasteiger partial charge in [0.1, 0.15) is 0 Å². The Morgan fingerprint density at radius 3 is 1.04 bits per heavy atom. The molecule has 0 fully saturated rings. The van der Waals surface area contributed by atoms with E-state index in [-0.39, 0.29) is 5.41 Å². The van der Waals surface area contributed by atoms with Gasteiger partial charge in [-0.25, -0.2) is 0 Å². The Kier molecular flexibility index (Phi) is 11.2. The van der Waals surface area contributed by atoms with Crippen molar-refractivity contribution >= 4 is 17.1 Å². The highest BCUT2D eigenvalue weighted by Gasteiger charge is 2.47. The van der Waals surface area contributed by atoms with Gasteiger partial charge in [-0.1, -0.05) is 269 Å².